The third kappa shape index (κ3) is 30.0. The van der Waals surface area contributed by atoms with Crippen molar-refractivity contribution in [2.75, 3.05) is 32.4 Å². The number of aliphatic hydroxyl groups is 3. The number of carbonyl (C=O) groups is 2. The standard InChI is InChI=1S/C38H75O20P3S/c1-3-5-6-7-8-9-10-11-12-13-14-17-20-24-31(39)55-30(27-53-29-52-25-21-18-15-16-19-22-26-62-32(40)23-4-2)28-54-61(50,51)58-36-33(41)34(42)37(56-59(44,45)46)38(35(36)43)57-60(47,48)49/h30,33-38,41-43H,3-29H2,1-2H3,(H,50,51)(H2,44,45,46)(H2,47,48,49)/t30-,33?,34+,35-,36?,37?,38-/m1/s1. The molecule has 1 aliphatic carbocycles. The van der Waals surface area contributed by atoms with Crippen molar-refractivity contribution in [2.24, 2.45) is 0 Å². The Bertz CT molecular complexity index is 1340. The maximum atomic E-state index is 13.0. The van der Waals surface area contributed by atoms with Gasteiger partial charge in [-0.05, 0) is 25.7 Å². The minimum atomic E-state index is -5.58. The summed E-state index contributed by atoms with van der Waals surface area (Å²) < 4.78 is 71.1. The van der Waals surface area contributed by atoms with Gasteiger partial charge in [-0.25, -0.2) is 13.7 Å². The van der Waals surface area contributed by atoms with Gasteiger partial charge in [-0.2, -0.15) is 0 Å². The van der Waals surface area contributed by atoms with Crippen LogP contribution < -0.4 is 0 Å². The van der Waals surface area contributed by atoms with Crippen LogP contribution in [0.2, 0.25) is 0 Å². The van der Waals surface area contributed by atoms with Crippen molar-refractivity contribution in [2.45, 2.75) is 198 Å². The number of hydrogen-bond donors (Lipinski definition) is 8. The zero-order chi connectivity index (χ0) is 46.4. The van der Waals surface area contributed by atoms with Gasteiger partial charge in [-0.3, -0.25) is 27.7 Å². The molecule has 1 saturated carbocycles. The van der Waals surface area contributed by atoms with E-state index in [1.807, 2.05) is 6.92 Å². The topological polar surface area (TPSA) is 312 Å². The van der Waals surface area contributed by atoms with E-state index in [-0.39, 0.29) is 24.9 Å². The lowest BCUT2D eigenvalue weighted by Gasteiger charge is -2.44. The summed E-state index contributed by atoms with van der Waals surface area (Å²) in [5, 5.41) is 32.0. The molecule has 1 rings (SSSR count). The number of phosphoric ester groups is 3. The number of hydrogen-bond acceptors (Lipinski definition) is 16. The number of unbranched alkanes of at least 4 members (excludes halogenated alkanes) is 17. The second kappa shape index (κ2) is 34.0. The van der Waals surface area contributed by atoms with Crippen molar-refractivity contribution < 1.29 is 95.4 Å². The summed E-state index contributed by atoms with van der Waals surface area (Å²) in [6.45, 7) is 3.19. The molecule has 0 radical (unpaired) electrons. The first-order valence-electron chi connectivity index (χ1n) is 22.0. The van der Waals surface area contributed by atoms with Crippen LogP contribution in [0.15, 0.2) is 0 Å². The van der Waals surface area contributed by atoms with E-state index in [9.17, 15) is 63.1 Å². The molecule has 4 unspecified atom stereocenters. The number of rotatable bonds is 39. The average molecular weight is 977 g/mol. The van der Waals surface area contributed by atoms with Crippen LogP contribution in [0, 0.1) is 0 Å². The van der Waals surface area contributed by atoms with Gasteiger partial charge in [0.05, 0.1) is 13.2 Å². The fourth-order valence-corrected chi connectivity index (χ4v) is 9.66. The van der Waals surface area contributed by atoms with Crippen LogP contribution >= 0.6 is 35.2 Å². The van der Waals surface area contributed by atoms with Gasteiger partial charge in [0.1, 0.15) is 49.5 Å². The molecule has 0 spiro atoms. The van der Waals surface area contributed by atoms with Gasteiger partial charge in [0.2, 0.25) is 0 Å². The van der Waals surface area contributed by atoms with Crippen molar-refractivity contribution >= 4 is 46.3 Å². The minimum Gasteiger partial charge on any atom is -0.457 e. The van der Waals surface area contributed by atoms with Gasteiger partial charge >= 0.3 is 29.4 Å². The Hall–Kier alpha value is -0.380. The molecule has 62 heavy (non-hydrogen) atoms. The Morgan fingerprint density at radius 2 is 1.03 bits per heavy atom. The van der Waals surface area contributed by atoms with E-state index in [1.54, 1.807) is 0 Å². The third-order valence-corrected chi connectivity index (χ3v) is 12.9. The summed E-state index contributed by atoms with van der Waals surface area (Å²) in [5.74, 6) is 0.193. The molecule has 0 amide bonds. The Kier molecular flexibility index (Phi) is 32.7. The average Bonchev–Trinajstić information content (AvgIpc) is 3.18. The van der Waals surface area contributed by atoms with Crippen LogP contribution in [0.25, 0.3) is 0 Å². The number of carbonyl (C=O) groups excluding carboxylic acids is 2. The molecule has 0 aromatic heterocycles. The molecule has 0 bridgehead atoms. The van der Waals surface area contributed by atoms with Gasteiger partial charge in [0.25, 0.3) is 0 Å². The van der Waals surface area contributed by atoms with Crippen LogP contribution in [0.3, 0.4) is 0 Å². The van der Waals surface area contributed by atoms with Crippen molar-refractivity contribution in [1.82, 2.24) is 0 Å². The lowest BCUT2D eigenvalue weighted by atomic mass is 9.85. The highest BCUT2D eigenvalue weighted by Crippen LogP contribution is 2.51. The zero-order valence-corrected chi connectivity index (χ0v) is 39.9. The normalized spacial score (nSPS) is 22.4. The first-order valence-corrected chi connectivity index (χ1v) is 27.5. The molecule has 8 atom stereocenters. The second-order valence-electron chi connectivity index (χ2n) is 15.5. The predicted molar refractivity (Wildman–Crippen MR) is 230 cm³/mol. The van der Waals surface area contributed by atoms with Gasteiger partial charge < -0.3 is 54.0 Å². The maximum absolute atomic E-state index is 13.0. The Morgan fingerprint density at radius 1 is 0.548 bits per heavy atom. The summed E-state index contributed by atoms with van der Waals surface area (Å²) in [4.78, 5) is 71.9. The van der Waals surface area contributed by atoms with Gasteiger partial charge in [0.15, 0.2) is 5.12 Å². The molecular weight excluding hydrogens is 901 g/mol. The van der Waals surface area contributed by atoms with E-state index in [0.717, 1.165) is 76.4 Å². The Labute approximate surface area is 370 Å². The molecule has 0 saturated heterocycles. The molecule has 1 aliphatic rings. The number of phosphoric acid groups is 3. The highest BCUT2D eigenvalue weighted by molar-refractivity contribution is 8.13. The third-order valence-electron chi connectivity index (χ3n) is 9.87. The molecule has 0 aromatic carbocycles. The van der Waals surface area contributed by atoms with Crippen LogP contribution in [0.1, 0.15) is 155 Å². The van der Waals surface area contributed by atoms with Gasteiger partial charge in [-0.15, -0.1) is 0 Å². The van der Waals surface area contributed by atoms with Gasteiger partial charge in [-0.1, -0.05) is 128 Å². The van der Waals surface area contributed by atoms with E-state index in [1.165, 1.54) is 63.1 Å². The van der Waals surface area contributed by atoms with Crippen LogP contribution in [0.5, 0.6) is 0 Å². The molecular formula is C38H75O20P3S. The zero-order valence-electron chi connectivity index (χ0n) is 36.4. The summed E-state index contributed by atoms with van der Waals surface area (Å²) in [5.41, 5.74) is 0. The Balaban J connectivity index is 2.70. The van der Waals surface area contributed by atoms with Crippen molar-refractivity contribution in [3.8, 4) is 0 Å². The predicted octanol–water partition coefficient (Wildman–Crippen LogP) is 6.33. The first-order chi connectivity index (χ1) is 29.3. The second-order valence-corrected chi connectivity index (χ2v) is 20.5. The largest absolute Gasteiger partial charge is 0.472 e. The summed E-state index contributed by atoms with van der Waals surface area (Å²) in [6, 6.07) is 0. The van der Waals surface area contributed by atoms with E-state index in [2.05, 4.69) is 16.0 Å². The summed E-state index contributed by atoms with van der Waals surface area (Å²) in [7, 11) is -16.5. The molecule has 1 fully saturated rings. The number of ether oxygens (including phenoxy) is 3. The van der Waals surface area contributed by atoms with Crippen LogP contribution in [-0.4, -0.2) is 126 Å². The lowest BCUT2D eigenvalue weighted by Crippen LogP contribution is -2.65. The summed E-state index contributed by atoms with van der Waals surface area (Å²) in [6.07, 6.45) is 5.63. The van der Waals surface area contributed by atoms with Crippen LogP contribution in [0.4, 0.5) is 0 Å². The highest BCUT2D eigenvalue weighted by Gasteiger charge is 2.56. The van der Waals surface area contributed by atoms with Crippen molar-refractivity contribution in [1.29, 1.82) is 0 Å². The molecule has 0 heterocycles. The molecule has 24 heteroatoms. The van der Waals surface area contributed by atoms with E-state index < -0.39 is 78.8 Å². The fourth-order valence-electron chi connectivity index (χ4n) is 6.64. The van der Waals surface area contributed by atoms with Crippen molar-refractivity contribution in [3.05, 3.63) is 0 Å². The van der Waals surface area contributed by atoms with Gasteiger partial charge in [0, 0.05) is 25.2 Å². The SMILES string of the molecule is CCCCCCCCCCCCCCCC(=O)O[C@H](COCOCCCCCCCCSC(=O)CCC)COP(=O)(O)OC1C(O)[C@H](O)C(OP(=O)(O)O)[C@H](OP(=O)(O)O)[C@@H]1O. The quantitative estimate of drug-likeness (QED) is 0.0144. The number of aliphatic hydroxyl groups excluding tert-OH is 3. The number of thioether (sulfide) groups is 1. The van der Waals surface area contributed by atoms with Crippen LogP contribution in [-0.2, 0) is 55.6 Å². The molecule has 0 aromatic rings. The van der Waals surface area contributed by atoms with E-state index in [0.29, 0.717) is 19.4 Å². The number of esters is 1. The lowest BCUT2D eigenvalue weighted by molar-refractivity contribution is -0.213. The first kappa shape index (κ1) is 59.6. The minimum absolute atomic E-state index is 0.0466. The monoisotopic (exact) mass is 976 g/mol. The van der Waals surface area contributed by atoms with E-state index >= 15 is 0 Å². The molecule has 20 nitrogen and oxygen atoms in total. The molecule has 8 N–H and O–H groups in total. The van der Waals surface area contributed by atoms with E-state index in [4.69, 9.17) is 23.3 Å². The molecule has 0 aliphatic heterocycles. The maximum Gasteiger partial charge on any atom is 0.472 e. The Morgan fingerprint density at radius 3 is 1.56 bits per heavy atom. The molecule has 368 valence electrons. The highest BCUT2D eigenvalue weighted by atomic mass is 32.2. The smallest absolute Gasteiger partial charge is 0.457 e. The van der Waals surface area contributed by atoms with Crippen molar-refractivity contribution in [3.63, 3.8) is 0 Å². The summed E-state index contributed by atoms with van der Waals surface area (Å²) >= 11 is 1.39. The fraction of sp³-hybridized carbons (Fsp3) is 0.947.